The molecule has 0 spiro atoms. The Morgan fingerprint density at radius 3 is 1.91 bits per heavy atom. The van der Waals surface area contributed by atoms with Gasteiger partial charge in [-0.2, -0.15) is 20.4 Å². The second kappa shape index (κ2) is 21.4. The number of ether oxygens (including phenoxy) is 2. The summed E-state index contributed by atoms with van der Waals surface area (Å²) in [5.74, 6) is -1.60. The van der Waals surface area contributed by atoms with Gasteiger partial charge in [-0.1, -0.05) is 24.6 Å². The van der Waals surface area contributed by atoms with E-state index in [4.69, 9.17) is 27.0 Å². The van der Waals surface area contributed by atoms with Crippen LogP contribution in [0.25, 0.3) is 21.8 Å². The molecule has 1 heterocycles. The fourth-order valence-electron chi connectivity index (χ4n) is 8.35. The summed E-state index contributed by atoms with van der Waals surface area (Å²) >= 11 is 0. The fourth-order valence-corrected chi connectivity index (χ4v) is 8.35. The van der Waals surface area contributed by atoms with Crippen molar-refractivity contribution in [1.29, 1.82) is 21.0 Å². The summed E-state index contributed by atoms with van der Waals surface area (Å²) in [5, 5.41) is 51.0. The molecule has 1 aromatic rings. The lowest BCUT2D eigenvalue weighted by molar-refractivity contribution is -0.731. The number of nitrogens with zero attached hydrogens (tertiary/aromatic N) is 7. The lowest BCUT2D eigenvalue weighted by Gasteiger charge is -2.28. The molecule has 0 radical (unpaired) electrons. The smallest absolute Gasteiger partial charge is 0.376 e. The van der Waals surface area contributed by atoms with Crippen molar-refractivity contribution in [2.75, 3.05) is 14.2 Å². The van der Waals surface area contributed by atoms with E-state index in [1.165, 1.54) is 20.3 Å². The van der Waals surface area contributed by atoms with Crippen LogP contribution < -0.4 is 4.57 Å². The molecule has 0 bridgehead atoms. The molecule has 57 heavy (non-hydrogen) atoms. The van der Waals surface area contributed by atoms with E-state index in [0.717, 1.165) is 32.1 Å². The SMILES string of the molecule is [C-]#[N+]/C(C#N)=C(/C(C#N)=C/C=C/c1oc(O)c(/C=C/C=C/C(C#N)=C(/C2CCC(C(=O)OC)CC2)C(C#N)[N+]#[C-])[n+]1C1CCCCC1)C1CCC(C(=O)OC)CC1. The summed E-state index contributed by atoms with van der Waals surface area (Å²) in [6.07, 6.45) is 20.1. The maximum Gasteiger partial charge on any atom is 0.376 e. The van der Waals surface area contributed by atoms with Gasteiger partial charge >= 0.3 is 29.8 Å². The monoisotopic (exact) mass is 768 g/mol. The Morgan fingerprint density at radius 1 is 0.807 bits per heavy atom. The van der Waals surface area contributed by atoms with Gasteiger partial charge < -0.3 is 19.0 Å². The minimum absolute atomic E-state index is 0.00445. The summed E-state index contributed by atoms with van der Waals surface area (Å²) in [5.41, 5.74) is 1.36. The molecule has 13 heteroatoms. The molecule has 1 aromatic heterocycles. The molecule has 3 fully saturated rings. The molecular formula is C44H46N7O6+. The third-order valence-corrected chi connectivity index (χ3v) is 11.2. The number of carbonyl (C=O) groups excluding carboxylic acids is 2. The maximum absolute atomic E-state index is 12.1. The highest BCUT2D eigenvalue weighted by atomic mass is 16.5. The number of hydrogen-bond acceptors (Lipinski definition) is 10. The van der Waals surface area contributed by atoms with Crippen LogP contribution >= 0.6 is 0 Å². The van der Waals surface area contributed by atoms with Crippen LogP contribution in [0.3, 0.4) is 0 Å². The Balaban J connectivity index is 1.66. The highest BCUT2D eigenvalue weighted by Gasteiger charge is 2.36. The highest BCUT2D eigenvalue weighted by Crippen LogP contribution is 2.39. The van der Waals surface area contributed by atoms with Crippen molar-refractivity contribution in [2.45, 2.75) is 95.6 Å². The third-order valence-electron chi connectivity index (χ3n) is 11.2. The molecule has 4 rings (SSSR count). The van der Waals surface area contributed by atoms with E-state index >= 15 is 0 Å². The first-order valence-corrected chi connectivity index (χ1v) is 19.2. The Kier molecular flexibility index (Phi) is 16.2. The van der Waals surface area contributed by atoms with Crippen LogP contribution in [0.15, 0.2) is 62.8 Å². The molecule has 1 unspecified atom stereocenters. The van der Waals surface area contributed by atoms with E-state index in [1.807, 2.05) is 16.7 Å². The van der Waals surface area contributed by atoms with E-state index in [9.17, 15) is 35.7 Å². The number of oxazole rings is 1. The van der Waals surface area contributed by atoms with Gasteiger partial charge in [-0.05, 0) is 93.8 Å². The number of aromatic nitrogens is 1. The topological polar surface area (TPSA) is 194 Å². The first kappa shape index (κ1) is 43.1. The number of hydrogen-bond donors (Lipinski definition) is 1. The number of allylic oxidation sites excluding steroid dienone is 9. The number of esters is 2. The second-order valence-corrected chi connectivity index (χ2v) is 14.3. The fraction of sp³-hybridized carbons (Fsp3) is 0.477. The minimum Gasteiger partial charge on any atom is -0.476 e. The Morgan fingerprint density at radius 2 is 1.40 bits per heavy atom. The zero-order valence-electron chi connectivity index (χ0n) is 32.3. The van der Waals surface area contributed by atoms with Gasteiger partial charge in [-0.3, -0.25) is 14.4 Å². The molecule has 292 valence electrons. The van der Waals surface area contributed by atoms with E-state index in [2.05, 4.69) is 21.8 Å². The normalized spacial score (nSPS) is 23.1. The first-order valence-electron chi connectivity index (χ1n) is 19.2. The number of aromatic hydroxyl groups is 1. The predicted molar refractivity (Wildman–Crippen MR) is 206 cm³/mol. The number of rotatable bonds is 12. The quantitative estimate of drug-likeness (QED) is 0.0714. The molecule has 1 N–H and O–H groups in total. The van der Waals surface area contributed by atoms with Gasteiger partial charge in [0.25, 0.3) is 11.4 Å². The van der Waals surface area contributed by atoms with Crippen molar-refractivity contribution in [1.82, 2.24) is 0 Å². The van der Waals surface area contributed by atoms with E-state index in [1.54, 1.807) is 36.5 Å². The number of methoxy groups -OCH3 is 2. The van der Waals surface area contributed by atoms with Crippen molar-refractivity contribution in [3.05, 3.63) is 92.8 Å². The minimum atomic E-state index is -1.15. The average Bonchev–Trinajstić information content (AvgIpc) is 3.57. The van der Waals surface area contributed by atoms with Gasteiger partial charge in [0, 0.05) is 30.1 Å². The van der Waals surface area contributed by atoms with Gasteiger partial charge in [-0.25, -0.2) is 16.7 Å². The van der Waals surface area contributed by atoms with Crippen molar-refractivity contribution in [3.63, 3.8) is 0 Å². The number of nitriles is 4. The highest BCUT2D eigenvalue weighted by molar-refractivity contribution is 5.73. The van der Waals surface area contributed by atoms with Crippen LogP contribution in [0.1, 0.15) is 101 Å². The lowest BCUT2D eigenvalue weighted by atomic mass is 9.75. The summed E-state index contributed by atoms with van der Waals surface area (Å²) in [6.45, 7) is 15.3. The second-order valence-electron chi connectivity index (χ2n) is 14.3. The Hall–Kier alpha value is -6.67. The summed E-state index contributed by atoms with van der Waals surface area (Å²) in [4.78, 5) is 31.1. The van der Waals surface area contributed by atoms with Gasteiger partial charge in [0.05, 0.1) is 62.5 Å². The third kappa shape index (κ3) is 10.6. The van der Waals surface area contributed by atoms with Crippen LogP contribution in [0, 0.1) is 82.1 Å². The van der Waals surface area contributed by atoms with Crippen molar-refractivity contribution in [2.24, 2.45) is 23.7 Å². The largest absolute Gasteiger partial charge is 0.476 e. The average molecular weight is 769 g/mol. The molecular weight excluding hydrogens is 723 g/mol. The Labute approximate surface area is 334 Å². The first-order chi connectivity index (χ1) is 27.7. The van der Waals surface area contributed by atoms with Crippen LogP contribution in [-0.2, 0) is 19.1 Å². The summed E-state index contributed by atoms with van der Waals surface area (Å²) < 4.78 is 17.6. The molecule has 3 aliphatic rings. The van der Waals surface area contributed by atoms with Crippen LogP contribution in [0.2, 0.25) is 0 Å². The molecule has 13 nitrogen and oxygen atoms in total. The Bertz CT molecular complexity index is 2080. The molecule has 0 aliphatic heterocycles. The molecule has 3 aliphatic carbocycles. The van der Waals surface area contributed by atoms with Crippen molar-refractivity contribution in [3.8, 4) is 30.2 Å². The molecule has 3 saturated carbocycles. The predicted octanol–water partition coefficient (Wildman–Crippen LogP) is 8.10. The number of carbonyl (C=O) groups is 2. The molecule has 0 saturated heterocycles. The van der Waals surface area contributed by atoms with Crippen molar-refractivity contribution < 1.29 is 33.2 Å². The van der Waals surface area contributed by atoms with Crippen molar-refractivity contribution >= 4 is 24.1 Å². The maximum atomic E-state index is 12.1. The van der Waals surface area contributed by atoms with Gasteiger partial charge in [0.15, 0.2) is 12.1 Å². The zero-order valence-corrected chi connectivity index (χ0v) is 32.3. The van der Waals surface area contributed by atoms with Gasteiger partial charge in [-0.15, -0.1) is 0 Å². The molecule has 0 aromatic carbocycles. The van der Waals surface area contributed by atoms with E-state index < -0.39 is 6.04 Å². The summed E-state index contributed by atoms with van der Waals surface area (Å²) in [6, 6.07) is 7.13. The standard InChI is InChI=1S/C44H45N7O6/c1-49-36(27-47)40(29-17-21-31(22-18-29)42(52)55-3)33(25-45)11-8-9-15-38-44(54)57-39(51(38)35-13-6-5-7-14-35)16-10-12-34(26-46)41(37(28-48)50-2)30-19-23-32(24-20-30)43(53)56-4/h8-12,15-16,29-32,35-36H,5-7,13-14,17-24H2,3-4H3/p+1/b11-8+,15-9+,16-10+,34-12+,40-33+,41-37+. The van der Waals surface area contributed by atoms with Crippen LogP contribution in [-0.4, -0.2) is 37.3 Å². The van der Waals surface area contributed by atoms with Gasteiger partial charge in [0.1, 0.15) is 0 Å². The van der Waals surface area contributed by atoms with Gasteiger partial charge in [0.2, 0.25) is 0 Å². The van der Waals surface area contributed by atoms with E-state index in [0.29, 0.717) is 74.1 Å². The lowest BCUT2D eigenvalue weighted by Crippen LogP contribution is -2.43. The zero-order chi connectivity index (χ0) is 41.3. The van der Waals surface area contributed by atoms with Crippen LogP contribution in [0.4, 0.5) is 0 Å². The molecule has 0 amide bonds. The molecule has 1 atom stereocenters. The van der Waals surface area contributed by atoms with E-state index in [-0.39, 0.29) is 64.4 Å². The summed E-state index contributed by atoms with van der Waals surface area (Å²) in [7, 11) is 2.69. The van der Waals surface area contributed by atoms with Crippen LogP contribution in [0.5, 0.6) is 5.95 Å².